The van der Waals surface area contributed by atoms with Crippen LogP contribution in [0.3, 0.4) is 0 Å². The van der Waals surface area contributed by atoms with Gasteiger partial charge in [0.2, 0.25) is 17.7 Å². The zero-order valence-corrected chi connectivity index (χ0v) is 24.7. The molecule has 0 spiro atoms. The summed E-state index contributed by atoms with van der Waals surface area (Å²) in [5.74, 6) is -4.82. The van der Waals surface area contributed by atoms with Gasteiger partial charge in [0.05, 0.1) is 6.04 Å². The van der Waals surface area contributed by atoms with E-state index in [-0.39, 0.29) is 31.4 Å². The maximum Gasteiger partial charge on any atom is 0.326 e. The van der Waals surface area contributed by atoms with Crippen LogP contribution in [-0.2, 0) is 36.8 Å². The number of amides is 3. The average molecular weight is 625 g/mol. The zero-order chi connectivity index (χ0) is 32.9. The van der Waals surface area contributed by atoms with Crippen LogP contribution in [0.1, 0.15) is 43.2 Å². The van der Waals surface area contributed by atoms with Crippen LogP contribution in [-0.4, -0.2) is 80.7 Å². The topological polar surface area (TPSA) is 250 Å². The first kappa shape index (κ1) is 34.5. The van der Waals surface area contributed by atoms with Crippen LogP contribution in [0, 0.1) is 0 Å². The number of carboxylic acids is 2. The molecular formula is C31H40N6O8. The fraction of sp³-hybridized carbons (Fsp3) is 0.387. The molecule has 0 radical (unpaired) electrons. The molecule has 0 aliphatic heterocycles. The van der Waals surface area contributed by atoms with E-state index in [1.165, 1.54) is 24.3 Å². The van der Waals surface area contributed by atoms with Gasteiger partial charge in [-0.05, 0) is 68.0 Å². The third-order valence-electron chi connectivity index (χ3n) is 7.30. The lowest BCUT2D eigenvalue weighted by molar-refractivity contribution is -0.143. The SMILES string of the molecule is NCCCCC(NC(=O)C(N)Cc1c[nH]c2ccccc12)C(=O)NC(Cc1ccc(O)cc1)C(=O)NC(CCC(=O)O)C(=O)O. The Labute approximate surface area is 259 Å². The maximum atomic E-state index is 13.6. The van der Waals surface area contributed by atoms with Gasteiger partial charge in [-0.25, -0.2) is 4.79 Å². The molecule has 0 bridgehead atoms. The fourth-order valence-electron chi connectivity index (χ4n) is 4.82. The number of phenols is 1. The van der Waals surface area contributed by atoms with Crippen molar-refractivity contribution in [2.24, 2.45) is 11.5 Å². The lowest BCUT2D eigenvalue weighted by Crippen LogP contribution is -2.57. The molecule has 3 rings (SSSR count). The minimum Gasteiger partial charge on any atom is -0.508 e. The van der Waals surface area contributed by atoms with E-state index in [9.17, 15) is 34.2 Å². The van der Waals surface area contributed by atoms with Gasteiger partial charge >= 0.3 is 11.9 Å². The summed E-state index contributed by atoms with van der Waals surface area (Å²) in [6.07, 6.45) is 2.26. The molecule has 45 heavy (non-hydrogen) atoms. The molecule has 4 atom stereocenters. The number of aromatic nitrogens is 1. The number of para-hydroxylation sites is 1. The molecule has 0 aliphatic rings. The molecule has 242 valence electrons. The molecule has 0 saturated carbocycles. The number of rotatable bonds is 18. The highest BCUT2D eigenvalue weighted by Crippen LogP contribution is 2.19. The number of carbonyl (C=O) groups excluding carboxylic acids is 3. The van der Waals surface area contributed by atoms with E-state index in [0.29, 0.717) is 24.9 Å². The number of hydrogen-bond donors (Lipinski definition) is 9. The normalized spacial score (nSPS) is 13.7. The molecule has 3 aromatic rings. The average Bonchev–Trinajstić information content (AvgIpc) is 3.41. The summed E-state index contributed by atoms with van der Waals surface area (Å²) in [6, 6.07) is 8.52. The van der Waals surface area contributed by atoms with Gasteiger partial charge in [-0.15, -0.1) is 0 Å². The van der Waals surface area contributed by atoms with Gasteiger partial charge < -0.3 is 47.7 Å². The Bertz CT molecular complexity index is 1470. The Hall–Kier alpha value is -4.95. The van der Waals surface area contributed by atoms with Gasteiger partial charge in [-0.1, -0.05) is 30.3 Å². The first-order valence-corrected chi connectivity index (χ1v) is 14.6. The number of hydrogen-bond acceptors (Lipinski definition) is 8. The molecule has 14 nitrogen and oxygen atoms in total. The number of aliphatic carboxylic acids is 2. The van der Waals surface area contributed by atoms with E-state index >= 15 is 0 Å². The van der Waals surface area contributed by atoms with Crippen molar-refractivity contribution in [1.29, 1.82) is 0 Å². The summed E-state index contributed by atoms with van der Waals surface area (Å²) in [6.45, 7) is 0.362. The number of carboxylic acid groups (broad SMARTS) is 2. The first-order valence-electron chi connectivity index (χ1n) is 14.6. The molecule has 0 fully saturated rings. The van der Waals surface area contributed by atoms with Gasteiger partial charge in [0.15, 0.2) is 0 Å². The molecule has 0 aliphatic carbocycles. The van der Waals surface area contributed by atoms with E-state index in [1.807, 2.05) is 24.3 Å². The van der Waals surface area contributed by atoms with Crippen LogP contribution in [0.15, 0.2) is 54.7 Å². The van der Waals surface area contributed by atoms with Crippen molar-refractivity contribution in [3.8, 4) is 5.75 Å². The van der Waals surface area contributed by atoms with Gasteiger partial charge in [-0.3, -0.25) is 19.2 Å². The predicted molar refractivity (Wildman–Crippen MR) is 165 cm³/mol. The third-order valence-corrected chi connectivity index (χ3v) is 7.30. The molecule has 2 aromatic carbocycles. The van der Waals surface area contributed by atoms with Gasteiger partial charge in [0, 0.05) is 29.9 Å². The van der Waals surface area contributed by atoms with Crippen molar-refractivity contribution >= 4 is 40.6 Å². The van der Waals surface area contributed by atoms with Crippen molar-refractivity contribution in [2.75, 3.05) is 6.54 Å². The third kappa shape index (κ3) is 10.6. The number of unbranched alkanes of at least 4 members (excludes halogenated alkanes) is 1. The quantitative estimate of drug-likeness (QED) is 0.0887. The largest absolute Gasteiger partial charge is 0.508 e. The zero-order valence-electron chi connectivity index (χ0n) is 24.7. The van der Waals surface area contributed by atoms with Gasteiger partial charge in [0.1, 0.15) is 23.9 Å². The molecule has 14 heteroatoms. The summed E-state index contributed by atoms with van der Waals surface area (Å²) >= 11 is 0. The van der Waals surface area contributed by atoms with Crippen molar-refractivity contribution in [3.63, 3.8) is 0 Å². The molecule has 3 amide bonds. The molecule has 11 N–H and O–H groups in total. The lowest BCUT2D eigenvalue weighted by Gasteiger charge is -2.25. The summed E-state index contributed by atoms with van der Waals surface area (Å²) < 4.78 is 0. The number of H-pyrrole nitrogens is 1. The summed E-state index contributed by atoms with van der Waals surface area (Å²) in [4.78, 5) is 65.9. The number of carbonyl (C=O) groups is 5. The number of aromatic hydroxyl groups is 1. The van der Waals surface area contributed by atoms with Crippen molar-refractivity contribution < 1.29 is 39.3 Å². The Balaban J connectivity index is 1.77. The second kappa shape index (κ2) is 16.8. The van der Waals surface area contributed by atoms with Crippen LogP contribution >= 0.6 is 0 Å². The molecule has 0 saturated heterocycles. The Morgan fingerprint density at radius 1 is 0.778 bits per heavy atom. The molecule has 1 aromatic heterocycles. The number of nitrogens with two attached hydrogens (primary N) is 2. The molecule has 4 unspecified atom stereocenters. The van der Waals surface area contributed by atoms with Crippen molar-refractivity contribution in [3.05, 3.63) is 65.9 Å². The second-order valence-corrected chi connectivity index (χ2v) is 10.8. The van der Waals surface area contributed by atoms with Gasteiger partial charge in [0.25, 0.3) is 0 Å². The highest BCUT2D eigenvalue weighted by molar-refractivity contribution is 5.94. The van der Waals surface area contributed by atoms with E-state index < -0.39 is 60.2 Å². The molecule has 1 heterocycles. The number of aromatic amines is 1. The number of nitrogens with one attached hydrogen (secondary N) is 4. The fourth-order valence-corrected chi connectivity index (χ4v) is 4.82. The predicted octanol–water partition coefficient (Wildman–Crippen LogP) is 0.519. The standard InChI is InChI=1S/C31H40N6O8/c32-14-4-3-7-24(35-28(41)22(33)16-19-17-34-23-6-2-1-5-21(19)23)29(42)37-26(15-18-8-10-20(38)11-9-18)30(43)36-25(31(44)45)12-13-27(39)40/h1-2,5-6,8-11,17,22,24-26,34,38H,3-4,7,12-16,32-33H2,(H,35,41)(H,36,43)(H,37,42)(H,39,40)(H,44,45). The van der Waals surface area contributed by atoms with E-state index in [0.717, 1.165) is 16.5 Å². The Morgan fingerprint density at radius 2 is 1.42 bits per heavy atom. The van der Waals surface area contributed by atoms with Crippen LogP contribution < -0.4 is 27.4 Å². The minimum atomic E-state index is -1.52. The number of phenolic OH excluding ortho intramolecular Hbond substituents is 1. The lowest BCUT2D eigenvalue weighted by atomic mass is 10.0. The van der Waals surface area contributed by atoms with E-state index in [2.05, 4.69) is 20.9 Å². The Kier molecular flexibility index (Phi) is 12.9. The van der Waals surface area contributed by atoms with Crippen LogP contribution in [0.25, 0.3) is 10.9 Å². The van der Waals surface area contributed by atoms with Crippen LogP contribution in [0.2, 0.25) is 0 Å². The monoisotopic (exact) mass is 624 g/mol. The van der Waals surface area contributed by atoms with Crippen LogP contribution in [0.4, 0.5) is 0 Å². The summed E-state index contributed by atoms with van der Waals surface area (Å²) in [5.41, 5.74) is 14.1. The number of fused-ring (bicyclic) bond motifs is 1. The van der Waals surface area contributed by atoms with E-state index in [4.69, 9.17) is 16.6 Å². The smallest absolute Gasteiger partial charge is 0.326 e. The van der Waals surface area contributed by atoms with Crippen molar-refractivity contribution in [2.45, 2.75) is 69.1 Å². The Morgan fingerprint density at radius 3 is 2.09 bits per heavy atom. The van der Waals surface area contributed by atoms with Crippen molar-refractivity contribution in [1.82, 2.24) is 20.9 Å². The summed E-state index contributed by atoms with van der Waals surface area (Å²) in [7, 11) is 0. The maximum absolute atomic E-state index is 13.6. The second-order valence-electron chi connectivity index (χ2n) is 10.8. The minimum absolute atomic E-state index is 0.0185. The first-order chi connectivity index (χ1) is 21.5. The van der Waals surface area contributed by atoms with Crippen LogP contribution in [0.5, 0.6) is 5.75 Å². The highest BCUT2D eigenvalue weighted by atomic mass is 16.4. The van der Waals surface area contributed by atoms with Gasteiger partial charge in [-0.2, -0.15) is 0 Å². The summed E-state index contributed by atoms with van der Waals surface area (Å²) in [5, 5.41) is 36.7. The van der Waals surface area contributed by atoms with E-state index in [1.54, 1.807) is 6.20 Å². The highest BCUT2D eigenvalue weighted by Gasteiger charge is 2.31. The number of benzene rings is 2. The molecular weight excluding hydrogens is 584 g/mol.